The van der Waals surface area contributed by atoms with Crippen LogP contribution in [0.5, 0.6) is 0 Å². The molecule has 17 heavy (non-hydrogen) atoms. The molecule has 0 fully saturated rings. The average molecular weight is 237 g/mol. The summed E-state index contributed by atoms with van der Waals surface area (Å²) in [5.41, 5.74) is 0.746. The molecule has 0 spiro atoms. The van der Waals surface area contributed by atoms with Gasteiger partial charge in [0.1, 0.15) is 11.9 Å². The van der Waals surface area contributed by atoms with Crippen LogP contribution in [-0.4, -0.2) is 24.3 Å². The topological polar surface area (TPSA) is 38.7 Å². The fraction of sp³-hybridized carbons (Fsp3) is 0.385. The number of nitrogens with zero attached hydrogens (tertiary/aromatic N) is 1. The molecule has 0 aliphatic heterocycles. The first-order chi connectivity index (χ1) is 7.99. The summed E-state index contributed by atoms with van der Waals surface area (Å²) >= 11 is 0. The Kier molecular flexibility index (Phi) is 4.82. The van der Waals surface area contributed by atoms with Gasteiger partial charge < -0.3 is 4.74 Å². The molecule has 1 aromatic rings. The van der Waals surface area contributed by atoms with Crippen molar-refractivity contribution in [3.8, 4) is 0 Å². The third-order valence-corrected chi connectivity index (χ3v) is 2.01. The number of halogens is 1. The molecule has 92 valence electrons. The minimum absolute atomic E-state index is 0.147. The largest absolute Gasteiger partial charge is 0.461 e. The molecule has 1 atom stereocenters. The first kappa shape index (κ1) is 13.4. The Balaban J connectivity index is 2.58. The Labute approximate surface area is 100 Å². The molecule has 4 heteroatoms. The Hall–Kier alpha value is -1.71. The predicted octanol–water partition coefficient (Wildman–Crippen LogP) is 2.58. The SMILES string of the molecule is CC(C)OC(=O)[C@H](C)N=Cc1ccc(F)cc1. The van der Waals surface area contributed by atoms with Gasteiger partial charge in [0.15, 0.2) is 0 Å². The van der Waals surface area contributed by atoms with Gasteiger partial charge in [-0.3, -0.25) is 4.99 Å². The fourth-order valence-electron chi connectivity index (χ4n) is 1.14. The van der Waals surface area contributed by atoms with Gasteiger partial charge in [0.2, 0.25) is 0 Å². The maximum Gasteiger partial charge on any atom is 0.330 e. The molecule has 0 unspecified atom stereocenters. The molecule has 0 saturated carbocycles. The van der Waals surface area contributed by atoms with E-state index in [0.717, 1.165) is 5.56 Å². The van der Waals surface area contributed by atoms with Crippen molar-refractivity contribution in [3.05, 3.63) is 35.6 Å². The van der Waals surface area contributed by atoms with Crippen molar-refractivity contribution in [2.75, 3.05) is 0 Å². The predicted molar refractivity (Wildman–Crippen MR) is 64.7 cm³/mol. The van der Waals surface area contributed by atoms with Crippen LogP contribution in [0, 0.1) is 5.82 Å². The number of esters is 1. The van der Waals surface area contributed by atoms with E-state index in [9.17, 15) is 9.18 Å². The van der Waals surface area contributed by atoms with Crippen LogP contribution in [0.4, 0.5) is 4.39 Å². The van der Waals surface area contributed by atoms with Crippen molar-refractivity contribution < 1.29 is 13.9 Å². The van der Waals surface area contributed by atoms with Crippen molar-refractivity contribution in [2.24, 2.45) is 4.99 Å². The third kappa shape index (κ3) is 4.76. The van der Waals surface area contributed by atoms with Gasteiger partial charge in [-0.1, -0.05) is 12.1 Å². The Morgan fingerprint density at radius 1 is 1.29 bits per heavy atom. The van der Waals surface area contributed by atoms with Gasteiger partial charge in [-0.25, -0.2) is 9.18 Å². The van der Waals surface area contributed by atoms with Crippen molar-refractivity contribution >= 4 is 12.2 Å². The number of carbonyl (C=O) groups is 1. The summed E-state index contributed by atoms with van der Waals surface area (Å²) in [6.07, 6.45) is 1.39. The molecule has 1 aromatic carbocycles. The van der Waals surface area contributed by atoms with Crippen molar-refractivity contribution in [3.63, 3.8) is 0 Å². The van der Waals surface area contributed by atoms with Crippen LogP contribution in [0.2, 0.25) is 0 Å². The van der Waals surface area contributed by atoms with Crippen LogP contribution in [0.15, 0.2) is 29.3 Å². The lowest BCUT2D eigenvalue weighted by Crippen LogP contribution is -2.21. The van der Waals surface area contributed by atoms with Crippen LogP contribution >= 0.6 is 0 Å². The van der Waals surface area contributed by atoms with Crippen LogP contribution in [0.3, 0.4) is 0 Å². The summed E-state index contributed by atoms with van der Waals surface area (Å²) in [4.78, 5) is 15.5. The van der Waals surface area contributed by atoms with Gasteiger partial charge in [-0.05, 0) is 38.5 Å². The zero-order valence-corrected chi connectivity index (χ0v) is 10.2. The molecule has 0 N–H and O–H groups in total. The first-order valence-electron chi connectivity index (χ1n) is 5.48. The number of carbonyl (C=O) groups excluding carboxylic acids is 1. The fourth-order valence-corrected chi connectivity index (χ4v) is 1.14. The van der Waals surface area contributed by atoms with Crippen molar-refractivity contribution in [2.45, 2.75) is 32.9 Å². The molecule has 0 saturated heterocycles. The van der Waals surface area contributed by atoms with Crippen LogP contribution in [0.25, 0.3) is 0 Å². The van der Waals surface area contributed by atoms with E-state index in [2.05, 4.69) is 4.99 Å². The highest BCUT2D eigenvalue weighted by Crippen LogP contribution is 2.02. The second-order valence-corrected chi connectivity index (χ2v) is 3.99. The lowest BCUT2D eigenvalue weighted by molar-refractivity contribution is -0.148. The Bertz CT molecular complexity index is 398. The van der Waals surface area contributed by atoms with Crippen LogP contribution in [-0.2, 0) is 9.53 Å². The van der Waals surface area contributed by atoms with E-state index in [1.54, 1.807) is 32.9 Å². The van der Waals surface area contributed by atoms with Crippen molar-refractivity contribution in [1.82, 2.24) is 0 Å². The number of hydrogen-bond donors (Lipinski definition) is 0. The van der Waals surface area contributed by atoms with Crippen LogP contribution < -0.4 is 0 Å². The second kappa shape index (κ2) is 6.13. The second-order valence-electron chi connectivity index (χ2n) is 3.99. The van der Waals surface area contributed by atoms with E-state index < -0.39 is 6.04 Å². The molecule has 0 aromatic heterocycles. The molecule has 0 aliphatic rings. The molecule has 0 radical (unpaired) electrons. The average Bonchev–Trinajstić information content (AvgIpc) is 2.27. The number of benzene rings is 1. The van der Waals surface area contributed by atoms with Gasteiger partial charge >= 0.3 is 5.97 Å². The van der Waals surface area contributed by atoms with E-state index in [4.69, 9.17) is 4.74 Å². The minimum Gasteiger partial charge on any atom is -0.461 e. The molecule has 0 bridgehead atoms. The van der Waals surface area contributed by atoms with Gasteiger partial charge in [0, 0.05) is 6.21 Å². The summed E-state index contributed by atoms with van der Waals surface area (Å²) in [6, 6.07) is 5.33. The quantitative estimate of drug-likeness (QED) is 0.596. The van der Waals surface area contributed by atoms with Gasteiger partial charge in [0.25, 0.3) is 0 Å². The standard InChI is InChI=1S/C13H16FNO2/c1-9(2)17-13(16)10(3)15-8-11-4-6-12(14)7-5-11/h4-10H,1-3H3/t10-/m0/s1. The maximum absolute atomic E-state index is 12.6. The maximum atomic E-state index is 12.6. The Morgan fingerprint density at radius 3 is 2.41 bits per heavy atom. The molecule has 0 heterocycles. The summed E-state index contributed by atoms with van der Waals surface area (Å²) < 4.78 is 17.6. The minimum atomic E-state index is -0.553. The molecule has 0 aliphatic carbocycles. The van der Waals surface area contributed by atoms with E-state index in [-0.39, 0.29) is 17.9 Å². The molecule has 3 nitrogen and oxygen atoms in total. The summed E-state index contributed by atoms with van der Waals surface area (Å²) in [7, 11) is 0. The van der Waals surface area contributed by atoms with E-state index >= 15 is 0 Å². The lowest BCUT2D eigenvalue weighted by Gasteiger charge is -2.10. The van der Waals surface area contributed by atoms with E-state index in [0.29, 0.717) is 0 Å². The smallest absolute Gasteiger partial charge is 0.330 e. The lowest BCUT2D eigenvalue weighted by atomic mass is 10.2. The summed E-state index contributed by atoms with van der Waals surface area (Å²) in [6.45, 7) is 5.23. The van der Waals surface area contributed by atoms with Gasteiger partial charge in [-0.15, -0.1) is 0 Å². The number of aliphatic imine (C=N–C) groups is 1. The number of hydrogen-bond acceptors (Lipinski definition) is 3. The summed E-state index contributed by atoms with van der Waals surface area (Å²) in [5.74, 6) is -0.659. The molecular weight excluding hydrogens is 221 g/mol. The Morgan fingerprint density at radius 2 is 1.88 bits per heavy atom. The van der Waals surface area contributed by atoms with Gasteiger partial charge in [0.05, 0.1) is 6.10 Å². The zero-order chi connectivity index (χ0) is 12.8. The van der Waals surface area contributed by atoms with Crippen LogP contribution in [0.1, 0.15) is 26.3 Å². The van der Waals surface area contributed by atoms with E-state index in [1.807, 2.05) is 0 Å². The highest BCUT2D eigenvalue weighted by Gasteiger charge is 2.13. The normalized spacial score (nSPS) is 13.0. The van der Waals surface area contributed by atoms with Crippen molar-refractivity contribution in [1.29, 1.82) is 0 Å². The van der Waals surface area contributed by atoms with E-state index in [1.165, 1.54) is 18.3 Å². The highest BCUT2D eigenvalue weighted by molar-refractivity contribution is 5.83. The molecule has 1 rings (SSSR count). The summed E-state index contributed by atoms with van der Waals surface area (Å²) in [5, 5.41) is 0. The monoisotopic (exact) mass is 237 g/mol. The third-order valence-electron chi connectivity index (χ3n) is 2.01. The number of ether oxygens (including phenoxy) is 1. The number of rotatable bonds is 4. The molecule has 0 amide bonds. The first-order valence-corrected chi connectivity index (χ1v) is 5.48. The van der Waals surface area contributed by atoms with Gasteiger partial charge in [-0.2, -0.15) is 0 Å². The highest BCUT2D eigenvalue weighted by atomic mass is 19.1. The molecular formula is C13H16FNO2. The zero-order valence-electron chi connectivity index (χ0n) is 10.2.